The van der Waals surface area contributed by atoms with Gasteiger partial charge in [-0.15, -0.1) is 0 Å². The Morgan fingerprint density at radius 2 is 1.92 bits per heavy atom. The molecule has 0 aliphatic heterocycles. The Morgan fingerprint density at radius 3 is 2.46 bits per heavy atom. The molecule has 8 heteroatoms. The number of rotatable bonds is 5. The zero-order valence-corrected chi connectivity index (χ0v) is 14.4. The minimum Gasteiger partial charge on any atom is -0.444 e. The van der Waals surface area contributed by atoms with E-state index in [2.05, 4.69) is 5.32 Å². The Kier molecular flexibility index (Phi) is 6.65. The number of benzene rings is 1. The van der Waals surface area contributed by atoms with Crippen LogP contribution < -0.4 is 5.32 Å². The SMILES string of the molecule is CON(C)C(=O)C(CNC(=O)OC(C)(C)C)c1cc(F)ccc1F. The van der Waals surface area contributed by atoms with Crippen molar-refractivity contribution >= 4 is 12.0 Å². The highest BCUT2D eigenvalue weighted by Crippen LogP contribution is 2.22. The molecule has 0 radical (unpaired) electrons. The van der Waals surface area contributed by atoms with Gasteiger partial charge in [-0.05, 0) is 39.0 Å². The first-order valence-electron chi connectivity index (χ1n) is 7.28. The average molecular weight is 344 g/mol. The van der Waals surface area contributed by atoms with E-state index >= 15 is 0 Å². The summed E-state index contributed by atoms with van der Waals surface area (Å²) < 4.78 is 32.5. The van der Waals surface area contributed by atoms with E-state index in [1.807, 2.05) is 0 Å². The number of ether oxygens (including phenoxy) is 1. The molecule has 0 saturated carbocycles. The molecule has 1 aromatic rings. The van der Waals surface area contributed by atoms with Gasteiger partial charge in [0, 0.05) is 19.2 Å². The zero-order valence-electron chi connectivity index (χ0n) is 14.4. The van der Waals surface area contributed by atoms with E-state index in [0.717, 1.165) is 23.3 Å². The van der Waals surface area contributed by atoms with Gasteiger partial charge in [0.1, 0.15) is 17.2 Å². The number of halogens is 2. The third kappa shape index (κ3) is 5.77. The minimum atomic E-state index is -1.17. The molecule has 24 heavy (non-hydrogen) atoms. The summed E-state index contributed by atoms with van der Waals surface area (Å²) in [6.07, 6.45) is -0.766. The van der Waals surface area contributed by atoms with Crippen molar-refractivity contribution in [2.24, 2.45) is 0 Å². The number of hydrogen-bond acceptors (Lipinski definition) is 4. The molecule has 0 fully saturated rings. The van der Waals surface area contributed by atoms with Crippen LogP contribution in [0.2, 0.25) is 0 Å². The Hall–Kier alpha value is -2.22. The highest BCUT2D eigenvalue weighted by molar-refractivity contribution is 5.83. The summed E-state index contributed by atoms with van der Waals surface area (Å²) in [5, 5.41) is 3.27. The van der Waals surface area contributed by atoms with Crippen LogP contribution in [0.15, 0.2) is 18.2 Å². The molecule has 1 aromatic carbocycles. The van der Waals surface area contributed by atoms with Crippen LogP contribution in [-0.2, 0) is 14.4 Å². The maximum atomic E-state index is 14.0. The maximum absolute atomic E-state index is 14.0. The van der Waals surface area contributed by atoms with E-state index in [9.17, 15) is 18.4 Å². The van der Waals surface area contributed by atoms with Crippen molar-refractivity contribution < 1.29 is 27.9 Å². The summed E-state index contributed by atoms with van der Waals surface area (Å²) in [7, 11) is 2.60. The molecule has 1 rings (SSSR count). The van der Waals surface area contributed by atoms with Crippen molar-refractivity contribution in [3.05, 3.63) is 35.4 Å². The number of hydroxylamine groups is 2. The van der Waals surface area contributed by atoms with Gasteiger partial charge in [0.2, 0.25) is 0 Å². The summed E-state index contributed by atoms with van der Waals surface area (Å²) >= 11 is 0. The normalized spacial score (nSPS) is 12.5. The molecule has 0 aliphatic carbocycles. The molecular weight excluding hydrogens is 322 g/mol. The van der Waals surface area contributed by atoms with Crippen LogP contribution >= 0.6 is 0 Å². The molecule has 1 atom stereocenters. The van der Waals surface area contributed by atoms with Gasteiger partial charge in [-0.25, -0.2) is 18.6 Å². The number of alkyl carbamates (subject to hydrolysis) is 1. The molecule has 0 aliphatic rings. The fourth-order valence-corrected chi connectivity index (χ4v) is 1.92. The van der Waals surface area contributed by atoms with Crippen LogP contribution in [0.5, 0.6) is 0 Å². The lowest BCUT2D eigenvalue weighted by Gasteiger charge is -2.24. The minimum absolute atomic E-state index is 0.181. The van der Waals surface area contributed by atoms with Crippen molar-refractivity contribution in [2.75, 3.05) is 20.7 Å². The van der Waals surface area contributed by atoms with Gasteiger partial charge in [-0.2, -0.15) is 0 Å². The standard InChI is InChI=1S/C16H22F2N2O4/c1-16(2,3)24-15(22)19-9-12(14(21)20(4)23-5)11-8-10(17)6-7-13(11)18/h6-8,12H,9H2,1-5H3,(H,19,22). The van der Waals surface area contributed by atoms with E-state index < -0.39 is 35.2 Å². The largest absolute Gasteiger partial charge is 0.444 e. The van der Waals surface area contributed by atoms with Crippen molar-refractivity contribution in [1.82, 2.24) is 10.4 Å². The van der Waals surface area contributed by atoms with Gasteiger partial charge < -0.3 is 10.1 Å². The molecule has 1 unspecified atom stereocenters. The maximum Gasteiger partial charge on any atom is 0.407 e. The first-order valence-corrected chi connectivity index (χ1v) is 7.28. The fraction of sp³-hybridized carbons (Fsp3) is 0.500. The zero-order chi connectivity index (χ0) is 18.5. The van der Waals surface area contributed by atoms with Crippen LogP contribution in [0.1, 0.15) is 32.3 Å². The average Bonchev–Trinajstić information content (AvgIpc) is 2.47. The number of carbonyl (C=O) groups excluding carboxylic acids is 2. The number of carbonyl (C=O) groups is 2. The van der Waals surface area contributed by atoms with Gasteiger partial charge in [-0.1, -0.05) is 0 Å². The van der Waals surface area contributed by atoms with E-state index in [4.69, 9.17) is 9.57 Å². The molecule has 0 spiro atoms. The van der Waals surface area contributed by atoms with Crippen LogP contribution in [0, 0.1) is 11.6 Å². The third-order valence-corrected chi connectivity index (χ3v) is 3.07. The molecule has 0 saturated heterocycles. The van der Waals surface area contributed by atoms with Gasteiger partial charge in [0.25, 0.3) is 5.91 Å². The van der Waals surface area contributed by atoms with Gasteiger partial charge in [-0.3, -0.25) is 9.63 Å². The number of likely N-dealkylation sites (N-methyl/N-ethyl adjacent to an activating group) is 1. The lowest BCUT2D eigenvalue weighted by atomic mass is 9.97. The van der Waals surface area contributed by atoms with Crippen LogP contribution in [-0.4, -0.2) is 43.4 Å². The number of amides is 2. The fourth-order valence-electron chi connectivity index (χ4n) is 1.92. The van der Waals surface area contributed by atoms with E-state index in [0.29, 0.717) is 0 Å². The number of nitrogens with zero attached hydrogens (tertiary/aromatic N) is 1. The molecule has 6 nitrogen and oxygen atoms in total. The second-order valence-electron chi connectivity index (χ2n) is 6.12. The van der Waals surface area contributed by atoms with Crippen LogP contribution in [0.4, 0.5) is 13.6 Å². The second kappa shape index (κ2) is 8.05. The first kappa shape index (κ1) is 19.8. The molecule has 0 bridgehead atoms. The third-order valence-electron chi connectivity index (χ3n) is 3.07. The molecular formula is C16H22F2N2O4. The quantitative estimate of drug-likeness (QED) is 0.834. The number of hydrogen-bond donors (Lipinski definition) is 1. The van der Waals surface area contributed by atoms with Crippen LogP contribution in [0.3, 0.4) is 0 Å². The lowest BCUT2D eigenvalue weighted by molar-refractivity contribution is -0.170. The highest BCUT2D eigenvalue weighted by atomic mass is 19.1. The summed E-state index contributed by atoms with van der Waals surface area (Å²) in [6.45, 7) is 4.77. The molecule has 0 heterocycles. The summed E-state index contributed by atoms with van der Waals surface area (Å²) in [5.74, 6) is -3.26. The van der Waals surface area contributed by atoms with Crippen molar-refractivity contribution in [2.45, 2.75) is 32.3 Å². The molecule has 134 valence electrons. The van der Waals surface area contributed by atoms with Gasteiger partial charge >= 0.3 is 6.09 Å². The molecule has 0 aromatic heterocycles. The van der Waals surface area contributed by atoms with Crippen LogP contribution in [0.25, 0.3) is 0 Å². The number of nitrogens with one attached hydrogen (secondary N) is 1. The second-order valence-corrected chi connectivity index (χ2v) is 6.12. The van der Waals surface area contributed by atoms with E-state index in [1.165, 1.54) is 14.2 Å². The summed E-state index contributed by atoms with van der Waals surface area (Å²) in [6, 6.07) is 2.78. The Labute approximate surface area is 139 Å². The van der Waals surface area contributed by atoms with E-state index in [-0.39, 0.29) is 12.1 Å². The Morgan fingerprint density at radius 1 is 1.29 bits per heavy atom. The smallest absolute Gasteiger partial charge is 0.407 e. The topological polar surface area (TPSA) is 67.9 Å². The van der Waals surface area contributed by atoms with Crippen molar-refractivity contribution in [1.29, 1.82) is 0 Å². The predicted octanol–water partition coefficient (Wildman–Crippen LogP) is 2.59. The Balaban J connectivity index is 3.01. The lowest BCUT2D eigenvalue weighted by Crippen LogP contribution is -2.40. The van der Waals surface area contributed by atoms with Crippen molar-refractivity contribution in [3.8, 4) is 0 Å². The molecule has 2 amide bonds. The van der Waals surface area contributed by atoms with Crippen molar-refractivity contribution in [3.63, 3.8) is 0 Å². The summed E-state index contributed by atoms with van der Waals surface area (Å²) in [5.41, 5.74) is -0.906. The monoisotopic (exact) mass is 344 g/mol. The Bertz CT molecular complexity index is 602. The highest BCUT2D eigenvalue weighted by Gasteiger charge is 2.28. The molecule has 1 N–H and O–H groups in total. The predicted molar refractivity (Wildman–Crippen MR) is 83.1 cm³/mol. The van der Waals surface area contributed by atoms with Gasteiger partial charge in [0.15, 0.2) is 0 Å². The first-order chi connectivity index (χ1) is 11.0. The van der Waals surface area contributed by atoms with Gasteiger partial charge in [0.05, 0.1) is 13.0 Å². The summed E-state index contributed by atoms with van der Waals surface area (Å²) in [4.78, 5) is 28.9. The van der Waals surface area contributed by atoms with E-state index in [1.54, 1.807) is 20.8 Å².